The van der Waals surface area contributed by atoms with Gasteiger partial charge in [-0.15, -0.1) is 0 Å². The standard InChI is InChI=1S/C33H47N3O5S/c1-22(2)25-9-7-8-10-26(25)27-17-23(3)18-28(37)30(27)42(39,40)29-21-34-13-16-36(29)24-19-33(20-24)11-14-35(15-12-33)31(38)41-32(4,5)6/h7-10,17-18,22,24,29-30,34H,11-16,19-21H2,1-6H3. The van der Waals surface area contributed by atoms with E-state index in [2.05, 4.69) is 24.1 Å². The quantitative estimate of drug-likeness (QED) is 0.515. The zero-order chi connectivity index (χ0) is 30.4. The van der Waals surface area contributed by atoms with E-state index in [-0.39, 0.29) is 29.3 Å². The number of rotatable bonds is 5. The summed E-state index contributed by atoms with van der Waals surface area (Å²) in [5.74, 6) is -0.166. The van der Waals surface area contributed by atoms with Crippen molar-refractivity contribution in [1.29, 1.82) is 0 Å². The number of sulfone groups is 1. The first-order valence-electron chi connectivity index (χ1n) is 15.4. The summed E-state index contributed by atoms with van der Waals surface area (Å²) in [7, 11) is -3.92. The molecule has 1 N–H and O–H groups in total. The van der Waals surface area contributed by atoms with E-state index in [0.717, 1.165) is 48.9 Å². The van der Waals surface area contributed by atoms with Crippen molar-refractivity contribution < 1.29 is 22.7 Å². The molecule has 0 bridgehead atoms. The lowest BCUT2D eigenvalue weighted by Crippen LogP contribution is -2.65. The van der Waals surface area contributed by atoms with Gasteiger partial charge in [0.15, 0.2) is 20.9 Å². The van der Waals surface area contributed by atoms with E-state index in [1.165, 1.54) is 6.08 Å². The number of allylic oxidation sites excluding steroid dienone is 3. The maximum Gasteiger partial charge on any atom is 0.410 e. The third kappa shape index (κ3) is 6.10. The van der Waals surface area contributed by atoms with Gasteiger partial charge in [-0.2, -0.15) is 0 Å². The fourth-order valence-corrected chi connectivity index (χ4v) is 9.54. The van der Waals surface area contributed by atoms with Crippen LogP contribution < -0.4 is 5.32 Å². The topological polar surface area (TPSA) is 96.0 Å². The number of piperidine rings is 1. The predicted octanol–water partition coefficient (Wildman–Crippen LogP) is 4.92. The molecule has 2 aliphatic heterocycles. The summed E-state index contributed by atoms with van der Waals surface area (Å²) in [6.45, 7) is 14.7. The number of hydrogen-bond donors (Lipinski definition) is 1. The molecule has 1 saturated carbocycles. The Morgan fingerprint density at radius 3 is 2.38 bits per heavy atom. The number of nitrogens with zero attached hydrogens (tertiary/aromatic N) is 2. The maximum absolute atomic E-state index is 14.5. The summed E-state index contributed by atoms with van der Waals surface area (Å²) in [4.78, 5) is 30.1. The number of piperazine rings is 1. The number of amides is 1. The number of carbonyl (C=O) groups excluding carboxylic acids is 2. The average molecular weight is 598 g/mol. The van der Waals surface area contributed by atoms with E-state index in [0.29, 0.717) is 31.8 Å². The van der Waals surface area contributed by atoms with Crippen LogP contribution in [0.5, 0.6) is 0 Å². The first-order chi connectivity index (χ1) is 19.7. The van der Waals surface area contributed by atoms with Crippen LogP contribution >= 0.6 is 0 Å². The fourth-order valence-electron chi connectivity index (χ4n) is 7.28. The van der Waals surface area contributed by atoms with Crippen molar-refractivity contribution in [3.05, 3.63) is 53.1 Å². The van der Waals surface area contributed by atoms with E-state index in [4.69, 9.17) is 4.74 Å². The second-order valence-electron chi connectivity index (χ2n) is 14.0. The number of ketones is 1. The number of likely N-dealkylation sites (tertiary alicyclic amines) is 1. The molecule has 1 aromatic rings. The zero-order valence-corrected chi connectivity index (χ0v) is 26.8. The molecule has 2 atom stereocenters. The summed E-state index contributed by atoms with van der Waals surface area (Å²) in [5.41, 5.74) is 2.87. The molecule has 42 heavy (non-hydrogen) atoms. The van der Waals surface area contributed by atoms with Gasteiger partial charge in [0.2, 0.25) is 0 Å². The lowest BCUT2D eigenvalue weighted by atomic mass is 9.60. The lowest BCUT2D eigenvalue weighted by molar-refractivity contribution is -0.113. The number of ether oxygens (including phenoxy) is 1. The first kappa shape index (κ1) is 31.0. The van der Waals surface area contributed by atoms with Crippen molar-refractivity contribution in [2.24, 2.45) is 5.41 Å². The molecule has 2 saturated heterocycles. The highest BCUT2D eigenvalue weighted by Crippen LogP contribution is 2.52. The summed E-state index contributed by atoms with van der Waals surface area (Å²) in [6, 6.07) is 8.00. The number of nitrogens with one attached hydrogen (secondary N) is 1. The molecule has 3 fully saturated rings. The van der Waals surface area contributed by atoms with Gasteiger partial charge in [0.05, 0.1) is 0 Å². The second kappa shape index (κ2) is 11.5. The smallest absolute Gasteiger partial charge is 0.410 e. The SMILES string of the molecule is CC1=CC(=O)C(S(=O)(=O)C2CNCCN2C2CC3(CCN(C(=O)OC(C)(C)C)CC3)C2)C(c2ccccc2C(C)C)=C1. The van der Waals surface area contributed by atoms with Crippen molar-refractivity contribution in [2.45, 2.75) is 95.4 Å². The Labute approximate surface area is 251 Å². The average Bonchev–Trinajstić information content (AvgIpc) is 2.90. The van der Waals surface area contributed by atoms with Crippen LogP contribution in [0.2, 0.25) is 0 Å². The Hall–Kier alpha value is -2.49. The molecule has 230 valence electrons. The number of carbonyl (C=O) groups is 2. The minimum absolute atomic E-state index is 0.129. The van der Waals surface area contributed by atoms with Gasteiger partial charge in [0.1, 0.15) is 11.0 Å². The van der Waals surface area contributed by atoms with Crippen LogP contribution in [0.15, 0.2) is 42.0 Å². The Balaban J connectivity index is 1.34. The Morgan fingerprint density at radius 2 is 1.74 bits per heavy atom. The van der Waals surface area contributed by atoms with E-state index in [9.17, 15) is 18.0 Å². The van der Waals surface area contributed by atoms with E-state index < -0.39 is 26.1 Å². The van der Waals surface area contributed by atoms with Gasteiger partial charge in [-0.25, -0.2) is 13.2 Å². The van der Waals surface area contributed by atoms with Gasteiger partial charge in [0.25, 0.3) is 0 Å². The van der Waals surface area contributed by atoms with E-state index in [1.54, 1.807) is 4.90 Å². The number of hydrogen-bond acceptors (Lipinski definition) is 7. The molecule has 9 heteroatoms. The molecule has 2 unspecified atom stereocenters. The first-order valence-corrected chi connectivity index (χ1v) is 17.0. The molecule has 2 heterocycles. The van der Waals surface area contributed by atoms with Gasteiger partial charge in [-0.05, 0) is 93.1 Å². The largest absolute Gasteiger partial charge is 0.444 e. The Morgan fingerprint density at radius 1 is 1.07 bits per heavy atom. The van der Waals surface area contributed by atoms with Gasteiger partial charge < -0.3 is 15.0 Å². The van der Waals surface area contributed by atoms with Crippen LogP contribution in [0.1, 0.15) is 84.3 Å². The molecule has 1 spiro atoms. The molecular weight excluding hydrogens is 550 g/mol. The molecule has 5 rings (SSSR count). The molecule has 1 amide bonds. The molecule has 0 radical (unpaired) electrons. The highest BCUT2D eigenvalue weighted by atomic mass is 32.2. The third-order valence-corrected chi connectivity index (χ3v) is 11.8. The summed E-state index contributed by atoms with van der Waals surface area (Å²) in [6.07, 6.45) is 6.75. The number of benzene rings is 1. The minimum atomic E-state index is -3.92. The van der Waals surface area contributed by atoms with Crippen LogP contribution in [-0.4, -0.2) is 85.1 Å². The normalized spacial score (nSPS) is 25.7. The van der Waals surface area contributed by atoms with E-state index in [1.807, 2.05) is 58.0 Å². The van der Waals surface area contributed by atoms with Crippen molar-refractivity contribution in [3.63, 3.8) is 0 Å². The molecule has 8 nitrogen and oxygen atoms in total. The highest BCUT2D eigenvalue weighted by molar-refractivity contribution is 7.93. The van der Waals surface area contributed by atoms with E-state index >= 15 is 0 Å². The van der Waals surface area contributed by atoms with Gasteiger partial charge >= 0.3 is 6.09 Å². The summed E-state index contributed by atoms with van der Waals surface area (Å²) >= 11 is 0. The molecular formula is C33H47N3O5S. The van der Waals surface area contributed by atoms with Crippen molar-refractivity contribution in [3.8, 4) is 0 Å². The summed E-state index contributed by atoms with van der Waals surface area (Å²) in [5, 5.41) is 1.31. The van der Waals surface area contributed by atoms with Crippen molar-refractivity contribution >= 4 is 27.3 Å². The van der Waals surface area contributed by atoms with Crippen LogP contribution in [-0.2, 0) is 19.4 Å². The van der Waals surface area contributed by atoms with Crippen molar-refractivity contribution in [1.82, 2.24) is 15.1 Å². The molecule has 2 aliphatic carbocycles. The lowest BCUT2D eigenvalue weighted by Gasteiger charge is -2.57. The van der Waals surface area contributed by atoms with Gasteiger partial charge in [0, 0.05) is 38.8 Å². The molecule has 1 aromatic carbocycles. The van der Waals surface area contributed by atoms with Gasteiger partial charge in [-0.3, -0.25) is 9.69 Å². The van der Waals surface area contributed by atoms with Crippen LogP contribution in [0.25, 0.3) is 5.57 Å². The molecule has 0 aromatic heterocycles. The summed E-state index contributed by atoms with van der Waals surface area (Å²) < 4.78 is 34.7. The Kier molecular flexibility index (Phi) is 8.51. The van der Waals surface area contributed by atoms with Crippen LogP contribution in [0.3, 0.4) is 0 Å². The highest BCUT2D eigenvalue weighted by Gasteiger charge is 2.53. The Bertz CT molecular complexity index is 1370. The van der Waals surface area contributed by atoms with Crippen LogP contribution in [0, 0.1) is 5.41 Å². The maximum atomic E-state index is 14.5. The fraction of sp³-hybridized carbons (Fsp3) is 0.636. The second-order valence-corrected chi connectivity index (χ2v) is 16.2. The molecule has 4 aliphatic rings. The minimum Gasteiger partial charge on any atom is -0.444 e. The van der Waals surface area contributed by atoms with Crippen molar-refractivity contribution in [2.75, 3.05) is 32.7 Å². The van der Waals surface area contributed by atoms with Gasteiger partial charge in [-0.1, -0.05) is 44.2 Å². The van der Waals surface area contributed by atoms with Crippen LogP contribution in [0.4, 0.5) is 4.79 Å². The monoisotopic (exact) mass is 597 g/mol. The zero-order valence-electron chi connectivity index (χ0n) is 26.0. The predicted molar refractivity (Wildman–Crippen MR) is 166 cm³/mol. The third-order valence-electron chi connectivity index (χ3n) is 9.41.